The summed E-state index contributed by atoms with van der Waals surface area (Å²) in [6, 6.07) is 5.81. The molecule has 1 N–H and O–H groups in total. The first-order valence-electron chi connectivity index (χ1n) is 4.23. The summed E-state index contributed by atoms with van der Waals surface area (Å²) in [7, 11) is 1.69. The molecule has 0 fully saturated rings. The molecule has 2 nitrogen and oxygen atoms in total. The Morgan fingerprint density at radius 2 is 2.23 bits per heavy atom. The molecule has 0 radical (unpaired) electrons. The van der Waals surface area contributed by atoms with Crippen molar-refractivity contribution in [2.24, 2.45) is 0 Å². The fourth-order valence-electron chi connectivity index (χ4n) is 1.07. The summed E-state index contributed by atoms with van der Waals surface area (Å²) < 4.78 is 4.94. The molecule has 0 bridgehead atoms. The SMILES string of the molecule is COCCNc1cc(Cl)ccc1C. The molecule has 0 saturated carbocycles. The van der Waals surface area contributed by atoms with Gasteiger partial charge in [-0.1, -0.05) is 17.7 Å². The molecule has 0 amide bonds. The quantitative estimate of drug-likeness (QED) is 0.753. The number of aryl methyl sites for hydroxylation is 1. The van der Waals surface area contributed by atoms with Crippen LogP contribution in [0.2, 0.25) is 5.02 Å². The first-order chi connectivity index (χ1) is 6.24. The second-order valence-corrected chi connectivity index (χ2v) is 3.32. The lowest BCUT2D eigenvalue weighted by molar-refractivity contribution is 0.211. The first kappa shape index (κ1) is 10.4. The summed E-state index contributed by atoms with van der Waals surface area (Å²) in [5.41, 5.74) is 2.27. The fourth-order valence-corrected chi connectivity index (χ4v) is 1.24. The lowest BCUT2D eigenvalue weighted by Gasteiger charge is -2.08. The summed E-state index contributed by atoms with van der Waals surface area (Å²) in [5, 5.41) is 4.00. The minimum absolute atomic E-state index is 0.700. The molecule has 0 aromatic heterocycles. The van der Waals surface area contributed by atoms with Gasteiger partial charge in [0.05, 0.1) is 6.61 Å². The number of hydrogen-bond donors (Lipinski definition) is 1. The van der Waals surface area contributed by atoms with Crippen LogP contribution in [0, 0.1) is 6.92 Å². The number of anilines is 1. The van der Waals surface area contributed by atoms with Crippen LogP contribution in [0.5, 0.6) is 0 Å². The summed E-state index contributed by atoms with van der Waals surface area (Å²) in [6.45, 7) is 3.55. The van der Waals surface area contributed by atoms with E-state index < -0.39 is 0 Å². The Morgan fingerprint density at radius 1 is 1.46 bits per heavy atom. The highest BCUT2D eigenvalue weighted by Crippen LogP contribution is 2.19. The van der Waals surface area contributed by atoms with Gasteiger partial charge in [0, 0.05) is 24.4 Å². The number of ether oxygens (including phenoxy) is 1. The molecular weight excluding hydrogens is 186 g/mol. The van der Waals surface area contributed by atoms with Crippen LogP contribution in [0.25, 0.3) is 0 Å². The van der Waals surface area contributed by atoms with Crippen LogP contribution in [-0.4, -0.2) is 20.3 Å². The second-order valence-electron chi connectivity index (χ2n) is 2.88. The smallest absolute Gasteiger partial charge is 0.0635 e. The molecule has 1 aromatic carbocycles. The Hall–Kier alpha value is -0.730. The zero-order valence-corrected chi connectivity index (χ0v) is 8.69. The number of halogens is 1. The number of methoxy groups -OCH3 is 1. The van der Waals surface area contributed by atoms with E-state index >= 15 is 0 Å². The van der Waals surface area contributed by atoms with Gasteiger partial charge in [0.1, 0.15) is 0 Å². The molecule has 13 heavy (non-hydrogen) atoms. The highest BCUT2D eigenvalue weighted by atomic mass is 35.5. The van der Waals surface area contributed by atoms with Crippen LogP contribution in [0.15, 0.2) is 18.2 Å². The zero-order chi connectivity index (χ0) is 9.68. The Kier molecular flexibility index (Phi) is 4.06. The minimum Gasteiger partial charge on any atom is -0.383 e. The van der Waals surface area contributed by atoms with Crippen molar-refractivity contribution in [2.45, 2.75) is 6.92 Å². The predicted molar refractivity (Wildman–Crippen MR) is 56.6 cm³/mol. The van der Waals surface area contributed by atoms with Crippen molar-refractivity contribution < 1.29 is 4.74 Å². The van der Waals surface area contributed by atoms with Crippen molar-refractivity contribution >= 4 is 17.3 Å². The maximum atomic E-state index is 5.86. The lowest BCUT2D eigenvalue weighted by Crippen LogP contribution is -2.08. The van der Waals surface area contributed by atoms with Gasteiger partial charge in [-0.3, -0.25) is 0 Å². The van der Waals surface area contributed by atoms with Gasteiger partial charge < -0.3 is 10.1 Å². The summed E-state index contributed by atoms with van der Waals surface area (Å²) >= 11 is 5.86. The van der Waals surface area contributed by atoms with Gasteiger partial charge in [0.25, 0.3) is 0 Å². The molecule has 1 aromatic rings. The van der Waals surface area contributed by atoms with Crippen LogP contribution >= 0.6 is 11.6 Å². The van der Waals surface area contributed by atoms with E-state index in [2.05, 4.69) is 5.32 Å². The maximum Gasteiger partial charge on any atom is 0.0635 e. The van der Waals surface area contributed by atoms with E-state index in [9.17, 15) is 0 Å². The van der Waals surface area contributed by atoms with Crippen molar-refractivity contribution in [1.29, 1.82) is 0 Å². The largest absolute Gasteiger partial charge is 0.383 e. The van der Waals surface area contributed by atoms with Gasteiger partial charge in [-0.2, -0.15) is 0 Å². The highest BCUT2D eigenvalue weighted by molar-refractivity contribution is 6.30. The van der Waals surface area contributed by atoms with E-state index in [1.807, 2.05) is 25.1 Å². The van der Waals surface area contributed by atoms with Gasteiger partial charge in [-0.15, -0.1) is 0 Å². The van der Waals surface area contributed by atoms with E-state index in [4.69, 9.17) is 16.3 Å². The molecule has 0 spiro atoms. The molecule has 0 heterocycles. The summed E-state index contributed by atoms with van der Waals surface area (Å²) in [4.78, 5) is 0. The third kappa shape index (κ3) is 3.25. The van der Waals surface area contributed by atoms with Crippen LogP contribution in [0.4, 0.5) is 5.69 Å². The number of benzene rings is 1. The van der Waals surface area contributed by atoms with Crippen LogP contribution in [0.1, 0.15) is 5.56 Å². The molecule has 0 aliphatic heterocycles. The number of rotatable bonds is 4. The molecule has 0 aliphatic rings. The molecular formula is C10H14ClNO. The number of nitrogens with one attached hydrogen (secondary N) is 1. The molecule has 0 unspecified atom stereocenters. The minimum atomic E-state index is 0.700. The van der Waals surface area contributed by atoms with Crippen molar-refractivity contribution in [3.05, 3.63) is 28.8 Å². The maximum absolute atomic E-state index is 5.86. The van der Waals surface area contributed by atoms with Crippen molar-refractivity contribution in [2.75, 3.05) is 25.6 Å². The van der Waals surface area contributed by atoms with Crippen LogP contribution < -0.4 is 5.32 Å². The fraction of sp³-hybridized carbons (Fsp3) is 0.400. The average Bonchev–Trinajstić information content (AvgIpc) is 2.11. The van der Waals surface area contributed by atoms with Gasteiger partial charge in [-0.05, 0) is 24.6 Å². The summed E-state index contributed by atoms with van der Waals surface area (Å²) in [6.07, 6.45) is 0. The van der Waals surface area contributed by atoms with Crippen LogP contribution in [-0.2, 0) is 4.74 Å². The first-order valence-corrected chi connectivity index (χ1v) is 4.61. The van der Waals surface area contributed by atoms with E-state index in [1.54, 1.807) is 7.11 Å². The van der Waals surface area contributed by atoms with Crippen LogP contribution in [0.3, 0.4) is 0 Å². The predicted octanol–water partition coefficient (Wildman–Crippen LogP) is 2.71. The van der Waals surface area contributed by atoms with E-state index in [0.717, 1.165) is 17.3 Å². The van der Waals surface area contributed by atoms with E-state index in [1.165, 1.54) is 5.56 Å². The number of hydrogen-bond acceptors (Lipinski definition) is 2. The Morgan fingerprint density at radius 3 is 2.92 bits per heavy atom. The Bertz CT molecular complexity index is 276. The molecule has 3 heteroatoms. The average molecular weight is 200 g/mol. The zero-order valence-electron chi connectivity index (χ0n) is 7.93. The molecule has 1 rings (SSSR count). The van der Waals surface area contributed by atoms with Gasteiger partial charge in [0.2, 0.25) is 0 Å². The third-order valence-electron chi connectivity index (χ3n) is 1.82. The Balaban J connectivity index is 2.59. The molecule has 0 saturated heterocycles. The van der Waals surface area contributed by atoms with Gasteiger partial charge in [0.15, 0.2) is 0 Å². The topological polar surface area (TPSA) is 21.3 Å². The van der Waals surface area contributed by atoms with Crippen molar-refractivity contribution in [1.82, 2.24) is 0 Å². The van der Waals surface area contributed by atoms with E-state index in [-0.39, 0.29) is 0 Å². The van der Waals surface area contributed by atoms with Crippen molar-refractivity contribution in [3.8, 4) is 0 Å². The van der Waals surface area contributed by atoms with Gasteiger partial charge >= 0.3 is 0 Å². The standard InChI is InChI=1S/C10H14ClNO/c1-8-3-4-9(11)7-10(8)12-5-6-13-2/h3-4,7,12H,5-6H2,1-2H3. The normalized spacial score (nSPS) is 10.1. The molecule has 72 valence electrons. The molecule has 0 atom stereocenters. The monoisotopic (exact) mass is 199 g/mol. The Labute approximate surface area is 83.9 Å². The van der Waals surface area contributed by atoms with Crippen molar-refractivity contribution in [3.63, 3.8) is 0 Å². The lowest BCUT2D eigenvalue weighted by atomic mass is 10.2. The second kappa shape index (κ2) is 5.10. The van der Waals surface area contributed by atoms with Gasteiger partial charge in [-0.25, -0.2) is 0 Å². The molecule has 0 aliphatic carbocycles. The summed E-state index contributed by atoms with van der Waals surface area (Å²) in [5.74, 6) is 0. The third-order valence-corrected chi connectivity index (χ3v) is 2.06. The highest BCUT2D eigenvalue weighted by Gasteiger charge is 1.97. The van der Waals surface area contributed by atoms with E-state index in [0.29, 0.717) is 6.61 Å².